The first-order valence-electron chi connectivity index (χ1n) is 7.45. The largest absolute Gasteiger partial charge is 0.326 e. The van der Waals surface area contributed by atoms with Crippen LogP contribution in [0.2, 0.25) is 0 Å². The summed E-state index contributed by atoms with van der Waals surface area (Å²) in [5, 5.41) is 2.64. The van der Waals surface area contributed by atoms with E-state index in [1.54, 1.807) is 24.3 Å². The molecule has 1 saturated heterocycles. The van der Waals surface area contributed by atoms with E-state index >= 15 is 0 Å². The highest BCUT2D eigenvalue weighted by atomic mass is 32.2. The molecule has 0 bridgehead atoms. The van der Waals surface area contributed by atoms with Crippen LogP contribution in [0.1, 0.15) is 12.1 Å². The van der Waals surface area contributed by atoms with Crippen LogP contribution in [-0.4, -0.2) is 31.6 Å². The zero-order valence-corrected chi connectivity index (χ0v) is 13.6. The summed E-state index contributed by atoms with van der Waals surface area (Å²) < 4.78 is 38.6. The summed E-state index contributed by atoms with van der Waals surface area (Å²) in [7, 11) is -3.23. The van der Waals surface area contributed by atoms with Crippen LogP contribution >= 0.6 is 0 Å². The molecule has 1 N–H and O–H groups in total. The molecular weight excluding hydrogens is 333 g/mol. The number of benzene rings is 1. The smallest absolute Gasteiger partial charge is 0.235 e. The van der Waals surface area contributed by atoms with Gasteiger partial charge in [0.15, 0.2) is 0 Å². The SMILES string of the molecule is O=C(Cc1ncccc1F)Nc1ccc(N2CCCS2(=O)=O)cc1. The van der Waals surface area contributed by atoms with Gasteiger partial charge in [0.1, 0.15) is 5.82 Å². The monoisotopic (exact) mass is 349 g/mol. The summed E-state index contributed by atoms with van der Waals surface area (Å²) in [5.41, 5.74) is 1.16. The number of aromatic nitrogens is 1. The quantitative estimate of drug-likeness (QED) is 0.915. The molecule has 0 saturated carbocycles. The molecule has 0 radical (unpaired) electrons. The van der Waals surface area contributed by atoms with Gasteiger partial charge in [0.25, 0.3) is 0 Å². The molecule has 1 aliphatic rings. The number of carbonyl (C=O) groups excluding carboxylic acids is 1. The number of hydrogen-bond donors (Lipinski definition) is 1. The van der Waals surface area contributed by atoms with Crippen LogP contribution < -0.4 is 9.62 Å². The summed E-state index contributed by atoms with van der Waals surface area (Å²) in [6.45, 7) is 0.465. The van der Waals surface area contributed by atoms with Crippen molar-refractivity contribution in [2.45, 2.75) is 12.8 Å². The number of nitrogens with one attached hydrogen (secondary N) is 1. The van der Waals surface area contributed by atoms with Crippen LogP contribution in [-0.2, 0) is 21.2 Å². The van der Waals surface area contributed by atoms with Crippen molar-refractivity contribution in [1.82, 2.24) is 4.98 Å². The number of amides is 1. The number of anilines is 2. The van der Waals surface area contributed by atoms with Crippen molar-refractivity contribution in [3.8, 4) is 0 Å². The molecule has 6 nitrogen and oxygen atoms in total. The van der Waals surface area contributed by atoms with E-state index in [0.29, 0.717) is 24.3 Å². The molecule has 3 rings (SSSR count). The van der Waals surface area contributed by atoms with Crippen LogP contribution in [0, 0.1) is 5.82 Å². The number of nitrogens with zero attached hydrogens (tertiary/aromatic N) is 2. The molecule has 1 aromatic carbocycles. The van der Waals surface area contributed by atoms with Gasteiger partial charge in [0, 0.05) is 18.4 Å². The lowest BCUT2D eigenvalue weighted by molar-refractivity contribution is -0.115. The second kappa shape index (κ2) is 6.56. The van der Waals surface area contributed by atoms with Crippen LogP contribution in [0.15, 0.2) is 42.6 Å². The highest BCUT2D eigenvalue weighted by Gasteiger charge is 2.28. The molecule has 1 aliphatic heterocycles. The molecule has 0 atom stereocenters. The summed E-state index contributed by atoms with van der Waals surface area (Å²) in [6.07, 6.45) is 1.86. The minimum Gasteiger partial charge on any atom is -0.326 e. The first-order valence-corrected chi connectivity index (χ1v) is 9.06. The Balaban J connectivity index is 1.66. The van der Waals surface area contributed by atoms with Crippen molar-refractivity contribution in [2.75, 3.05) is 21.9 Å². The molecule has 8 heteroatoms. The van der Waals surface area contributed by atoms with Gasteiger partial charge in [-0.15, -0.1) is 0 Å². The second-order valence-electron chi connectivity index (χ2n) is 5.45. The second-order valence-corrected chi connectivity index (χ2v) is 7.46. The summed E-state index contributed by atoms with van der Waals surface area (Å²) in [5.74, 6) is -0.766. The molecule has 2 heterocycles. The van der Waals surface area contributed by atoms with E-state index in [9.17, 15) is 17.6 Å². The van der Waals surface area contributed by atoms with Gasteiger partial charge in [-0.3, -0.25) is 14.1 Å². The zero-order chi connectivity index (χ0) is 17.2. The topological polar surface area (TPSA) is 79.4 Å². The van der Waals surface area contributed by atoms with E-state index in [4.69, 9.17) is 0 Å². The van der Waals surface area contributed by atoms with Crippen LogP contribution in [0.4, 0.5) is 15.8 Å². The van der Waals surface area contributed by atoms with Crippen molar-refractivity contribution in [1.29, 1.82) is 0 Å². The Morgan fingerprint density at radius 2 is 2.00 bits per heavy atom. The highest BCUT2D eigenvalue weighted by molar-refractivity contribution is 7.93. The highest BCUT2D eigenvalue weighted by Crippen LogP contribution is 2.25. The van der Waals surface area contributed by atoms with Gasteiger partial charge in [-0.05, 0) is 42.8 Å². The molecule has 0 unspecified atom stereocenters. The first-order chi connectivity index (χ1) is 11.5. The summed E-state index contributed by atoms with van der Waals surface area (Å²) in [4.78, 5) is 15.8. The fourth-order valence-electron chi connectivity index (χ4n) is 2.55. The van der Waals surface area contributed by atoms with Gasteiger partial charge in [-0.2, -0.15) is 0 Å². The van der Waals surface area contributed by atoms with Crippen molar-refractivity contribution in [3.63, 3.8) is 0 Å². The Bertz CT molecular complexity index is 853. The number of rotatable bonds is 4. The molecular formula is C16H16FN3O3S. The standard InChI is InChI=1S/C16H16FN3O3S/c17-14-3-1-8-18-15(14)11-16(21)19-12-4-6-13(7-5-12)20-9-2-10-24(20,22)23/h1,3-8H,2,9-11H2,(H,19,21). The van der Waals surface area contributed by atoms with E-state index in [1.807, 2.05) is 0 Å². The third kappa shape index (κ3) is 3.53. The number of pyridine rings is 1. The maximum Gasteiger partial charge on any atom is 0.235 e. The van der Waals surface area contributed by atoms with E-state index in [1.165, 1.54) is 22.6 Å². The molecule has 1 fully saturated rings. The summed E-state index contributed by atoms with van der Waals surface area (Å²) in [6, 6.07) is 9.23. The maximum absolute atomic E-state index is 13.5. The lowest BCUT2D eigenvalue weighted by atomic mass is 10.2. The average molecular weight is 349 g/mol. The number of carbonyl (C=O) groups is 1. The van der Waals surface area contributed by atoms with Gasteiger partial charge in [-0.1, -0.05) is 0 Å². The fourth-order valence-corrected chi connectivity index (χ4v) is 4.11. The van der Waals surface area contributed by atoms with E-state index in [0.717, 1.165) is 0 Å². The predicted molar refractivity (Wildman–Crippen MR) is 88.7 cm³/mol. The van der Waals surface area contributed by atoms with Crippen molar-refractivity contribution in [2.24, 2.45) is 0 Å². The lowest BCUT2D eigenvalue weighted by Crippen LogP contribution is -2.25. The minimum atomic E-state index is -3.23. The van der Waals surface area contributed by atoms with Crippen molar-refractivity contribution >= 4 is 27.3 Å². The maximum atomic E-state index is 13.5. The molecule has 0 aliphatic carbocycles. The Morgan fingerprint density at radius 3 is 2.62 bits per heavy atom. The molecule has 0 spiro atoms. The van der Waals surface area contributed by atoms with E-state index in [2.05, 4.69) is 10.3 Å². The van der Waals surface area contributed by atoms with E-state index < -0.39 is 21.7 Å². The van der Waals surface area contributed by atoms with Gasteiger partial charge in [0.2, 0.25) is 15.9 Å². The van der Waals surface area contributed by atoms with Gasteiger partial charge in [-0.25, -0.2) is 12.8 Å². The third-order valence-corrected chi connectivity index (χ3v) is 5.57. The van der Waals surface area contributed by atoms with Crippen LogP contribution in [0.3, 0.4) is 0 Å². The Labute approximate surface area is 139 Å². The Hall–Kier alpha value is -2.48. The van der Waals surface area contributed by atoms with Gasteiger partial charge < -0.3 is 5.32 Å². The molecule has 24 heavy (non-hydrogen) atoms. The molecule has 1 aromatic heterocycles. The third-order valence-electron chi connectivity index (χ3n) is 3.70. The summed E-state index contributed by atoms with van der Waals surface area (Å²) >= 11 is 0. The van der Waals surface area contributed by atoms with Gasteiger partial charge >= 0.3 is 0 Å². The van der Waals surface area contributed by atoms with Crippen LogP contribution in [0.5, 0.6) is 0 Å². The average Bonchev–Trinajstić information content (AvgIpc) is 2.90. The minimum absolute atomic E-state index is 0.0785. The zero-order valence-electron chi connectivity index (χ0n) is 12.8. The molecule has 1 amide bonds. The predicted octanol–water partition coefficient (Wildman–Crippen LogP) is 1.94. The number of sulfonamides is 1. The first kappa shape index (κ1) is 16.4. The van der Waals surface area contributed by atoms with Crippen molar-refractivity contribution in [3.05, 3.63) is 54.1 Å². The Kier molecular flexibility index (Phi) is 4.48. The fraction of sp³-hybridized carbons (Fsp3) is 0.250. The van der Waals surface area contributed by atoms with E-state index in [-0.39, 0.29) is 17.9 Å². The van der Waals surface area contributed by atoms with Crippen molar-refractivity contribution < 1.29 is 17.6 Å². The normalized spacial score (nSPS) is 16.1. The number of halogens is 1. The Morgan fingerprint density at radius 1 is 1.25 bits per heavy atom. The molecule has 2 aromatic rings. The lowest BCUT2D eigenvalue weighted by Gasteiger charge is -2.17. The molecule has 126 valence electrons. The number of hydrogen-bond acceptors (Lipinski definition) is 4. The van der Waals surface area contributed by atoms with Crippen LogP contribution in [0.25, 0.3) is 0 Å². The van der Waals surface area contributed by atoms with Gasteiger partial charge in [0.05, 0.1) is 23.6 Å².